The molecule has 0 aromatic heterocycles. The summed E-state index contributed by atoms with van der Waals surface area (Å²) in [6.45, 7) is 7.25. The van der Waals surface area contributed by atoms with Crippen LogP contribution in [0, 0.1) is 0 Å². The van der Waals surface area contributed by atoms with Crippen molar-refractivity contribution in [2.24, 2.45) is 0 Å². The lowest BCUT2D eigenvalue weighted by Crippen LogP contribution is -2.47. The van der Waals surface area contributed by atoms with Gasteiger partial charge < -0.3 is 4.90 Å². The molecule has 0 atom stereocenters. The number of nitrogens with zero attached hydrogens (tertiary/aromatic N) is 2. The van der Waals surface area contributed by atoms with Crippen LogP contribution in [0.4, 0.5) is 4.79 Å². The van der Waals surface area contributed by atoms with Crippen LogP contribution in [-0.2, 0) is 4.79 Å². The van der Waals surface area contributed by atoms with Gasteiger partial charge in [0.1, 0.15) is 5.54 Å². The normalized spacial score (nSPS) is 19.6. The summed E-state index contributed by atoms with van der Waals surface area (Å²) >= 11 is 0. The highest BCUT2D eigenvalue weighted by molar-refractivity contribution is 6.06. The first-order valence-corrected chi connectivity index (χ1v) is 4.79. The topological polar surface area (TPSA) is 40.6 Å². The zero-order valence-corrected chi connectivity index (χ0v) is 9.19. The number of rotatable bonds is 4. The molecule has 1 heterocycles. The Labute approximate surface area is 89.8 Å². The van der Waals surface area contributed by atoms with E-state index in [2.05, 4.69) is 13.2 Å². The first-order valence-electron chi connectivity index (χ1n) is 4.79. The largest absolute Gasteiger partial charge is 0.327 e. The molecule has 82 valence electrons. The van der Waals surface area contributed by atoms with Crippen molar-refractivity contribution < 1.29 is 9.59 Å². The zero-order valence-electron chi connectivity index (χ0n) is 9.19. The summed E-state index contributed by atoms with van der Waals surface area (Å²) in [6, 6.07) is -0.274. The lowest BCUT2D eigenvalue weighted by Gasteiger charge is -2.30. The molecule has 0 bridgehead atoms. The van der Waals surface area contributed by atoms with Gasteiger partial charge in [-0.2, -0.15) is 0 Å². The number of urea groups is 1. The summed E-state index contributed by atoms with van der Waals surface area (Å²) < 4.78 is 0. The van der Waals surface area contributed by atoms with Gasteiger partial charge in [0.15, 0.2) is 0 Å². The van der Waals surface area contributed by atoms with Gasteiger partial charge in [0.25, 0.3) is 5.91 Å². The van der Waals surface area contributed by atoms with E-state index in [0.717, 1.165) is 4.90 Å². The highest BCUT2D eigenvalue weighted by atomic mass is 16.2. The summed E-state index contributed by atoms with van der Waals surface area (Å²) in [6.07, 6.45) is 4.21. The Bertz CT molecular complexity index is 313. The Kier molecular flexibility index (Phi) is 2.98. The molecule has 0 saturated carbocycles. The average molecular weight is 208 g/mol. The molecule has 4 nitrogen and oxygen atoms in total. The van der Waals surface area contributed by atoms with Crippen molar-refractivity contribution in [1.82, 2.24) is 9.80 Å². The lowest BCUT2D eigenvalue weighted by molar-refractivity contribution is -0.132. The Morgan fingerprint density at radius 3 is 1.93 bits per heavy atom. The first-order chi connectivity index (χ1) is 7.01. The van der Waals surface area contributed by atoms with Crippen molar-refractivity contribution in [2.45, 2.75) is 18.4 Å². The molecular weight excluding hydrogens is 192 g/mol. The smallest absolute Gasteiger partial charge is 0.312 e. The predicted octanol–water partition coefficient (Wildman–Crippen LogP) is 1.40. The van der Waals surface area contributed by atoms with Gasteiger partial charge in [0.05, 0.1) is 0 Å². The summed E-state index contributed by atoms with van der Waals surface area (Å²) in [5.74, 6) is -0.185. The van der Waals surface area contributed by atoms with Crippen LogP contribution in [0.15, 0.2) is 25.3 Å². The highest BCUT2D eigenvalue weighted by Crippen LogP contribution is 2.32. The zero-order chi connectivity index (χ0) is 11.6. The second-order valence-electron chi connectivity index (χ2n) is 3.72. The van der Waals surface area contributed by atoms with Crippen LogP contribution in [0.25, 0.3) is 0 Å². The molecule has 0 spiro atoms. The minimum absolute atomic E-state index is 0.185. The van der Waals surface area contributed by atoms with E-state index in [-0.39, 0.29) is 11.9 Å². The number of amides is 3. The van der Waals surface area contributed by atoms with Crippen LogP contribution in [0.5, 0.6) is 0 Å². The molecular formula is C11H16N2O2. The molecule has 1 rings (SSSR count). The summed E-state index contributed by atoms with van der Waals surface area (Å²) in [5.41, 5.74) is -0.810. The molecule has 4 heteroatoms. The van der Waals surface area contributed by atoms with Crippen molar-refractivity contribution in [3.05, 3.63) is 25.3 Å². The molecule has 0 unspecified atom stereocenters. The molecule has 1 fully saturated rings. The molecule has 0 aromatic rings. The number of carbonyl (C=O) groups excluding carboxylic acids is 2. The van der Waals surface area contributed by atoms with E-state index in [1.165, 1.54) is 11.9 Å². The van der Waals surface area contributed by atoms with Gasteiger partial charge in [-0.25, -0.2) is 4.79 Å². The molecule has 0 aromatic carbocycles. The summed E-state index contributed by atoms with van der Waals surface area (Å²) in [4.78, 5) is 26.3. The van der Waals surface area contributed by atoms with Crippen LogP contribution in [0.1, 0.15) is 12.8 Å². The number of carbonyl (C=O) groups is 2. The van der Waals surface area contributed by atoms with Gasteiger partial charge in [-0.1, -0.05) is 12.2 Å². The second kappa shape index (κ2) is 3.88. The van der Waals surface area contributed by atoms with Gasteiger partial charge in [0, 0.05) is 14.1 Å². The summed E-state index contributed by atoms with van der Waals surface area (Å²) in [7, 11) is 3.13. The molecule has 1 aliphatic heterocycles. The van der Waals surface area contributed by atoms with Crippen LogP contribution >= 0.6 is 0 Å². The molecule has 15 heavy (non-hydrogen) atoms. The molecule has 0 aliphatic carbocycles. The third kappa shape index (κ3) is 1.46. The van der Waals surface area contributed by atoms with Gasteiger partial charge in [-0.3, -0.25) is 9.69 Å². The SMILES string of the molecule is C=CCC1(CC=C)C(=O)N(C)C(=O)N1C. The number of imide groups is 1. The van der Waals surface area contributed by atoms with E-state index in [4.69, 9.17) is 0 Å². The molecule has 1 saturated heterocycles. The Morgan fingerprint density at radius 2 is 1.67 bits per heavy atom. The van der Waals surface area contributed by atoms with E-state index >= 15 is 0 Å². The number of hydrogen-bond donors (Lipinski definition) is 0. The maximum atomic E-state index is 12.0. The van der Waals surface area contributed by atoms with Crippen LogP contribution in [0.3, 0.4) is 0 Å². The molecule has 1 aliphatic rings. The van der Waals surface area contributed by atoms with Crippen molar-refractivity contribution in [2.75, 3.05) is 14.1 Å². The Morgan fingerprint density at radius 1 is 1.20 bits per heavy atom. The van der Waals surface area contributed by atoms with Crippen molar-refractivity contribution in [1.29, 1.82) is 0 Å². The van der Waals surface area contributed by atoms with Crippen LogP contribution < -0.4 is 0 Å². The average Bonchev–Trinajstić information content (AvgIpc) is 2.36. The fourth-order valence-electron chi connectivity index (χ4n) is 1.96. The Hall–Kier alpha value is -1.58. The fraction of sp³-hybridized carbons (Fsp3) is 0.455. The third-order valence-electron chi connectivity index (χ3n) is 2.88. The quantitative estimate of drug-likeness (QED) is 0.517. The van der Waals surface area contributed by atoms with E-state index in [9.17, 15) is 9.59 Å². The van der Waals surface area contributed by atoms with E-state index in [1.54, 1.807) is 19.2 Å². The van der Waals surface area contributed by atoms with Crippen molar-refractivity contribution >= 4 is 11.9 Å². The number of likely N-dealkylation sites (N-methyl/N-ethyl adjacent to an activating group) is 2. The van der Waals surface area contributed by atoms with Gasteiger partial charge >= 0.3 is 6.03 Å². The minimum atomic E-state index is -0.810. The Balaban J connectivity index is 3.16. The fourth-order valence-corrected chi connectivity index (χ4v) is 1.96. The molecule has 0 radical (unpaired) electrons. The van der Waals surface area contributed by atoms with Crippen LogP contribution in [-0.4, -0.2) is 41.4 Å². The third-order valence-corrected chi connectivity index (χ3v) is 2.88. The van der Waals surface area contributed by atoms with Gasteiger partial charge in [-0.15, -0.1) is 13.2 Å². The molecule has 3 amide bonds. The van der Waals surface area contributed by atoms with Gasteiger partial charge in [0.2, 0.25) is 0 Å². The van der Waals surface area contributed by atoms with Crippen LogP contribution in [0.2, 0.25) is 0 Å². The summed E-state index contributed by atoms with van der Waals surface area (Å²) in [5, 5.41) is 0. The lowest BCUT2D eigenvalue weighted by atomic mass is 9.90. The van der Waals surface area contributed by atoms with E-state index in [0.29, 0.717) is 12.8 Å². The maximum absolute atomic E-state index is 12.0. The van der Waals surface area contributed by atoms with E-state index < -0.39 is 5.54 Å². The highest BCUT2D eigenvalue weighted by Gasteiger charge is 2.52. The monoisotopic (exact) mass is 208 g/mol. The van der Waals surface area contributed by atoms with Gasteiger partial charge in [-0.05, 0) is 12.8 Å². The van der Waals surface area contributed by atoms with Crippen molar-refractivity contribution in [3.8, 4) is 0 Å². The predicted molar refractivity (Wildman–Crippen MR) is 58.3 cm³/mol. The first kappa shape index (κ1) is 11.5. The van der Waals surface area contributed by atoms with Crippen molar-refractivity contribution in [3.63, 3.8) is 0 Å². The number of hydrogen-bond acceptors (Lipinski definition) is 2. The molecule has 0 N–H and O–H groups in total. The minimum Gasteiger partial charge on any atom is -0.312 e. The second-order valence-corrected chi connectivity index (χ2v) is 3.72. The van der Waals surface area contributed by atoms with E-state index in [1.807, 2.05) is 0 Å². The standard InChI is InChI=1S/C11H16N2O2/c1-5-7-11(8-6-2)9(14)12(3)10(15)13(11)4/h5-6H,1-2,7-8H2,3-4H3. The maximum Gasteiger partial charge on any atom is 0.327 e.